The second kappa shape index (κ2) is 9.97. The molecule has 2 aromatic carbocycles. The average molecular weight is 515 g/mol. The van der Waals surface area contributed by atoms with Gasteiger partial charge >= 0.3 is 18.2 Å². The van der Waals surface area contributed by atoms with Gasteiger partial charge in [0.15, 0.2) is 0 Å². The lowest BCUT2D eigenvalue weighted by Gasteiger charge is -2.22. The van der Waals surface area contributed by atoms with Gasteiger partial charge in [-0.05, 0) is 48.0 Å². The zero-order valence-electron chi connectivity index (χ0n) is 18.7. The van der Waals surface area contributed by atoms with E-state index in [2.05, 4.69) is 9.82 Å². The Morgan fingerprint density at radius 2 is 1.70 bits per heavy atom. The molecule has 0 spiro atoms. The van der Waals surface area contributed by atoms with Crippen LogP contribution in [0, 0.1) is 5.82 Å². The van der Waals surface area contributed by atoms with Gasteiger partial charge in [-0.15, -0.1) is 5.06 Å². The van der Waals surface area contributed by atoms with Gasteiger partial charge in [0.1, 0.15) is 11.6 Å². The molecule has 3 amide bonds. The molecule has 0 unspecified atom stereocenters. The number of hydrogen-bond acceptors (Lipinski definition) is 6. The number of carbonyl (C=O) groups excluding carboxylic acids is 3. The van der Waals surface area contributed by atoms with E-state index < -0.39 is 29.9 Å². The van der Waals surface area contributed by atoms with Gasteiger partial charge in [-0.1, -0.05) is 12.1 Å². The number of benzene rings is 2. The minimum absolute atomic E-state index is 0.0256. The number of pyridine rings is 1. The summed E-state index contributed by atoms with van der Waals surface area (Å²) >= 11 is 0. The average Bonchev–Trinajstić information content (AvgIpc) is 3.26. The SMILES string of the molecule is Nc1cc2c(ccn2-c2ccc(N(OC(=O)C(F)(F)F)C(=O)NC(=O)Cc3ccc(F)cc3)cc2)cn1. The topological polar surface area (TPSA) is 120 Å². The number of carbonyl (C=O) groups is 3. The predicted molar refractivity (Wildman–Crippen MR) is 124 cm³/mol. The summed E-state index contributed by atoms with van der Waals surface area (Å²) in [4.78, 5) is 44.7. The Hall–Kier alpha value is -4.94. The lowest BCUT2D eigenvalue weighted by atomic mass is 10.1. The number of halogens is 4. The van der Waals surface area contributed by atoms with E-state index in [1.165, 1.54) is 36.4 Å². The summed E-state index contributed by atoms with van der Waals surface area (Å²) in [5.74, 6) is -3.86. The molecule has 3 N–H and O–H groups in total. The van der Waals surface area contributed by atoms with Crippen LogP contribution >= 0.6 is 0 Å². The third-order valence-electron chi connectivity index (χ3n) is 5.07. The summed E-state index contributed by atoms with van der Waals surface area (Å²) in [6.07, 6.45) is -2.51. The minimum Gasteiger partial charge on any atom is -0.384 e. The van der Waals surface area contributed by atoms with Crippen molar-refractivity contribution < 1.29 is 36.8 Å². The highest BCUT2D eigenvalue weighted by Gasteiger charge is 2.44. The number of hydrogen-bond donors (Lipinski definition) is 2. The molecule has 0 aliphatic rings. The number of urea groups is 1. The fraction of sp³-hybridized carbons (Fsp3) is 0.0833. The van der Waals surface area contributed by atoms with Gasteiger partial charge < -0.3 is 15.1 Å². The molecule has 2 heterocycles. The van der Waals surface area contributed by atoms with E-state index in [0.717, 1.165) is 17.5 Å². The van der Waals surface area contributed by atoms with Crippen molar-refractivity contribution in [1.29, 1.82) is 0 Å². The highest BCUT2D eigenvalue weighted by molar-refractivity contribution is 6.03. The summed E-state index contributed by atoms with van der Waals surface area (Å²) in [6, 6.07) is 12.1. The van der Waals surface area contributed by atoms with Gasteiger partial charge in [-0.3, -0.25) is 10.1 Å². The van der Waals surface area contributed by atoms with Crippen LogP contribution in [0.15, 0.2) is 73.1 Å². The number of fused-ring (bicyclic) bond motifs is 1. The number of amides is 3. The molecule has 37 heavy (non-hydrogen) atoms. The lowest BCUT2D eigenvalue weighted by molar-refractivity contribution is -0.199. The monoisotopic (exact) mass is 515 g/mol. The molecule has 9 nitrogen and oxygen atoms in total. The first-order chi connectivity index (χ1) is 17.5. The Labute approximate surface area is 206 Å². The van der Waals surface area contributed by atoms with Gasteiger partial charge in [-0.2, -0.15) is 13.2 Å². The molecule has 13 heteroatoms. The first-order valence-electron chi connectivity index (χ1n) is 10.5. The van der Waals surface area contributed by atoms with E-state index in [-0.39, 0.29) is 23.0 Å². The van der Waals surface area contributed by atoms with Crippen LogP contribution in [-0.4, -0.2) is 33.6 Å². The van der Waals surface area contributed by atoms with Crippen molar-refractivity contribution in [3.63, 3.8) is 0 Å². The third-order valence-corrected chi connectivity index (χ3v) is 5.07. The molecule has 0 bridgehead atoms. The van der Waals surface area contributed by atoms with Crippen molar-refractivity contribution in [1.82, 2.24) is 14.9 Å². The van der Waals surface area contributed by atoms with Crippen molar-refractivity contribution in [2.45, 2.75) is 12.6 Å². The van der Waals surface area contributed by atoms with Crippen LogP contribution in [0.1, 0.15) is 5.56 Å². The number of nitrogens with two attached hydrogens (primary N) is 1. The third kappa shape index (κ3) is 5.83. The number of aromatic nitrogens is 2. The quantitative estimate of drug-likeness (QED) is 0.313. The molecule has 2 aromatic heterocycles. The van der Waals surface area contributed by atoms with E-state index >= 15 is 0 Å². The Morgan fingerprint density at radius 1 is 1.03 bits per heavy atom. The highest BCUT2D eigenvalue weighted by atomic mass is 19.4. The maximum atomic E-state index is 13.0. The summed E-state index contributed by atoms with van der Waals surface area (Å²) in [7, 11) is 0. The van der Waals surface area contributed by atoms with Gasteiger partial charge in [0, 0.05) is 29.5 Å². The second-order valence-electron chi connectivity index (χ2n) is 7.70. The van der Waals surface area contributed by atoms with Crippen molar-refractivity contribution in [2.75, 3.05) is 10.8 Å². The Balaban J connectivity index is 1.58. The molecule has 0 aliphatic heterocycles. The molecule has 0 fully saturated rings. The van der Waals surface area contributed by atoms with Crippen molar-refractivity contribution >= 4 is 40.3 Å². The zero-order valence-corrected chi connectivity index (χ0v) is 18.7. The van der Waals surface area contributed by atoms with Crippen LogP contribution in [0.5, 0.6) is 0 Å². The second-order valence-corrected chi connectivity index (χ2v) is 7.70. The first-order valence-corrected chi connectivity index (χ1v) is 10.5. The number of nitrogen functional groups attached to an aromatic ring is 1. The van der Waals surface area contributed by atoms with Gasteiger partial charge in [0.25, 0.3) is 0 Å². The Bertz CT molecular complexity index is 1470. The van der Waals surface area contributed by atoms with Crippen molar-refractivity contribution in [3.8, 4) is 5.69 Å². The van der Waals surface area contributed by atoms with Crippen molar-refractivity contribution in [2.24, 2.45) is 0 Å². The van der Waals surface area contributed by atoms with E-state index in [0.29, 0.717) is 16.8 Å². The number of hydroxylamine groups is 1. The lowest BCUT2D eigenvalue weighted by Crippen LogP contribution is -2.46. The molecule has 0 aliphatic carbocycles. The molecule has 0 saturated carbocycles. The summed E-state index contributed by atoms with van der Waals surface area (Å²) in [5, 5.41) is 2.66. The highest BCUT2D eigenvalue weighted by Crippen LogP contribution is 2.25. The molecule has 0 radical (unpaired) electrons. The number of alkyl halides is 3. The molecule has 0 atom stereocenters. The van der Waals surface area contributed by atoms with Crippen molar-refractivity contribution in [3.05, 3.63) is 84.4 Å². The van der Waals surface area contributed by atoms with E-state index in [1.807, 2.05) is 5.32 Å². The van der Waals surface area contributed by atoms with Gasteiger partial charge in [0.2, 0.25) is 5.91 Å². The van der Waals surface area contributed by atoms with Crippen LogP contribution in [0.25, 0.3) is 16.6 Å². The van der Waals surface area contributed by atoms with Gasteiger partial charge in [0.05, 0.1) is 17.6 Å². The van der Waals surface area contributed by atoms with Crippen LogP contribution < -0.4 is 16.1 Å². The van der Waals surface area contributed by atoms with Crippen LogP contribution in [0.3, 0.4) is 0 Å². The van der Waals surface area contributed by atoms with Crippen LogP contribution in [-0.2, 0) is 20.8 Å². The number of nitrogens with one attached hydrogen (secondary N) is 1. The summed E-state index contributed by atoms with van der Waals surface area (Å²) in [6.45, 7) is 0. The maximum absolute atomic E-state index is 13.0. The molecular formula is C24H17F4N5O4. The smallest absolute Gasteiger partial charge is 0.384 e. The van der Waals surface area contributed by atoms with E-state index in [4.69, 9.17) is 5.73 Å². The normalized spacial score (nSPS) is 11.2. The maximum Gasteiger partial charge on any atom is 0.493 e. The molecule has 4 aromatic rings. The Morgan fingerprint density at radius 3 is 2.35 bits per heavy atom. The van der Waals surface area contributed by atoms with Gasteiger partial charge in [-0.25, -0.2) is 19.0 Å². The van der Waals surface area contributed by atoms with E-state index in [9.17, 15) is 31.9 Å². The minimum atomic E-state index is -5.41. The summed E-state index contributed by atoms with van der Waals surface area (Å²) < 4.78 is 53.3. The molecular weight excluding hydrogens is 498 g/mol. The number of anilines is 2. The number of nitrogens with zero attached hydrogens (tertiary/aromatic N) is 3. The fourth-order valence-electron chi connectivity index (χ4n) is 3.36. The van der Waals surface area contributed by atoms with E-state index in [1.54, 1.807) is 29.1 Å². The number of imide groups is 1. The molecule has 4 rings (SSSR count). The first kappa shape index (κ1) is 25.2. The standard InChI is InChI=1S/C24H17F4N5O4/c25-16-3-1-14(2-4-16)11-21(34)31-23(36)33(37-22(35)24(26,27)28)18-7-5-17(6-8-18)32-10-9-15-13-30-20(29)12-19(15)32/h1-10,12-13H,11H2,(H2,29,30)(H,31,34,36). The largest absolute Gasteiger partial charge is 0.493 e. The number of rotatable bonds is 4. The predicted octanol–water partition coefficient (Wildman–Crippen LogP) is 4.05. The molecule has 190 valence electrons. The zero-order chi connectivity index (χ0) is 26.7. The molecule has 0 saturated heterocycles. The fourth-order valence-corrected chi connectivity index (χ4v) is 3.36. The van der Waals surface area contributed by atoms with Crippen LogP contribution in [0.2, 0.25) is 0 Å². The Kier molecular flexibility index (Phi) is 6.78. The van der Waals surface area contributed by atoms with Crippen LogP contribution in [0.4, 0.5) is 33.9 Å². The summed E-state index contributed by atoms with van der Waals surface area (Å²) in [5.41, 5.74) is 7.05.